The van der Waals surface area contributed by atoms with E-state index in [4.69, 9.17) is 0 Å². The average molecular weight is 245 g/mol. The molecule has 0 heteroatoms. The third kappa shape index (κ3) is 3.86. The van der Waals surface area contributed by atoms with Crippen LogP contribution >= 0.6 is 0 Å². The van der Waals surface area contributed by atoms with Crippen LogP contribution in [0.3, 0.4) is 0 Å². The van der Waals surface area contributed by atoms with Gasteiger partial charge in [0.2, 0.25) is 0 Å². The van der Waals surface area contributed by atoms with Crippen molar-refractivity contribution in [2.24, 2.45) is 0 Å². The molecular weight excluding hydrogens is 216 g/mol. The van der Waals surface area contributed by atoms with E-state index in [1.54, 1.807) is 11.1 Å². The van der Waals surface area contributed by atoms with Gasteiger partial charge in [-0.25, -0.2) is 0 Å². The van der Waals surface area contributed by atoms with E-state index < -0.39 is 0 Å². The Balaban J connectivity index is 3.13. The van der Waals surface area contributed by atoms with E-state index in [2.05, 4.69) is 66.2 Å². The van der Waals surface area contributed by atoms with Crippen LogP contribution in [0.25, 0.3) is 0 Å². The molecular formula is C18H29. The summed E-state index contributed by atoms with van der Waals surface area (Å²) in [5, 5.41) is 0. The van der Waals surface area contributed by atoms with Crippen LogP contribution < -0.4 is 0 Å². The van der Waals surface area contributed by atoms with Crippen molar-refractivity contribution >= 4 is 0 Å². The Morgan fingerprint density at radius 1 is 1.17 bits per heavy atom. The van der Waals surface area contributed by atoms with Crippen LogP contribution in [-0.4, -0.2) is 0 Å². The largest absolute Gasteiger partial charge is 0.0623 e. The van der Waals surface area contributed by atoms with Crippen molar-refractivity contribution in [1.29, 1.82) is 0 Å². The minimum Gasteiger partial charge on any atom is -0.0623 e. The molecule has 1 rings (SSSR count). The summed E-state index contributed by atoms with van der Waals surface area (Å²) in [5.74, 6) is 0.618. The first-order chi connectivity index (χ1) is 8.38. The summed E-state index contributed by atoms with van der Waals surface area (Å²) in [6.07, 6.45) is 5.97. The molecule has 0 saturated heterocycles. The molecule has 0 aromatic heterocycles. The lowest BCUT2D eigenvalue weighted by molar-refractivity contribution is 0.576. The van der Waals surface area contributed by atoms with Gasteiger partial charge < -0.3 is 0 Å². The first kappa shape index (κ1) is 15.3. The van der Waals surface area contributed by atoms with Crippen molar-refractivity contribution in [2.45, 2.75) is 72.1 Å². The molecule has 18 heavy (non-hydrogen) atoms. The predicted octanol–water partition coefficient (Wildman–Crippen LogP) is 5.65. The third-order valence-corrected chi connectivity index (χ3v) is 3.56. The van der Waals surface area contributed by atoms with Gasteiger partial charge in [-0.15, -0.1) is 0 Å². The van der Waals surface area contributed by atoms with Gasteiger partial charge >= 0.3 is 0 Å². The molecule has 0 fully saturated rings. The van der Waals surface area contributed by atoms with Crippen molar-refractivity contribution in [3.63, 3.8) is 0 Å². The molecule has 0 saturated carbocycles. The van der Waals surface area contributed by atoms with Gasteiger partial charge in [0.25, 0.3) is 0 Å². The summed E-state index contributed by atoms with van der Waals surface area (Å²) in [6.45, 7) is 13.7. The highest BCUT2D eigenvalue weighted by Crippen LogP contribution is 2.32. The molecule has 0 nitrogen and oxygen atoms in total. The highest BCUT2D eigenvalue weighted by atomic mass is 14.2. The number of benzene rings is 1. The summed E-state index contributed by atoms with van der Waals surface area (Å²) >= 11 is 0. The first-order valence-corrected chi connectivity index (χ1v) is 7.28. The number of hydrogen-bond donors (Lipinski definition) is 0. The maximum absolute atomic E-state index is 2.32. The molecule has 0 aliphatic carbocycles. The van der Waals surface area contributed by atoms with E-state index in [0.717, 1.165) is 0 Å². The zero-order chi connectivity index (χ0) is 13.8. The second-order valence-corrected chi connectivity index (χ2v) is 6.58. The van der Waals surface area contributed by atoms with Crippen LogP contribution in [0.5, 0.6) is 0 Å². The minimum atomic E-state index is 0.246. The molecule has 0 unspecified atom stereocenters. The van der Waals surface area contributed by atoms with Crippen LogP contribution in [0.15, 0.2) is 18.2 Å². The van der Waals surface area contributed by atoms with Crippen LogP contribution in [-0.2, 0) is 11.8 Å². The molecule has 0 bridgehead atoms. The lowest BCUT2D eigenvalue weighted by Crippen LogP contribution is -2.16. The Morgan fingerprint density at radius 2 is 1.83 bits per heavy atom. The van der Waals surface area contributed by atoms with Crippen molar-refractivity contribution in [3.05, 3.63) is 41.3 Å². The van der Waals surface area contributed by atoms with Gasteiger partial charge in [0.05, 0.1) is 0 Å². The number of rotatable bonds is 5. The molecule has 0 N–H and O–H groups in total. The summed E-state index contributed by atoms with van der Waals surface area (Å²) in [5.41, 5.74) is 4.92. The van der Waals surface area contributed by atoms with Gasteiger partial charge in [0.15, 0.2) is 0 Å². The molecule has 1 aromatic rings. The molecule has 1 radical (unpaired) electrons. The Hall–Kier alpha value is -0.780. The standard InChI is InChI=1S/C18H29/c1-7-8-9-11-16-15(14(2)3)12-10-13-17(16)18(4,5)6/h7,10,12-14H,8-9,11H2,1-6H3. The highest BCUT2D eigenvalue weighted by Gasteiger charge is 2.20. The van der Waals surface area contributed by atoms with Crippen LogP contribution in [0, 0.1) is 6.42 Å². The second-order valence-electron chi connectivity index (χ2n) is 6.58. The molecule has 0 spiro atoms. The van der Waals surface area contributed by atoms with Gasteiger partial charge in [-0.3, -0.25) is 0 Å². The lowest BCUT2D eigenvalue weighted by atomic mass is 9.79. The molecule has 1 aromatic carbocycles. The van der Waals surface area contributed by atoms with E-state index in [9.17, 15) is 0 Å². The Morgan fingerprint density at radius 3 is 2.33 bits per heavy atom. The first-order valence-electron chi connectivity index (χ1n) is 7.28. The molecule has 0 aliphatic rings. The van der Waals surface area contributed by atoms with E-state index >= 15 is 0 Å². The summed E-state index contributed by atoms with van der Waals surface area (Å²) in [7, 11) is 0. The lowest BCUT2D eigenvalue weighted by Gasteiger charge is -2.26. The maximum Gasteiger partial charge on any atom is -0.0129 e. The van der Waals surface area contributed by atoms with E-state index in [-0.39, 0.29) is 5.41 Å². The average Bonchev–Trinajstić information content (AvgIpc) is 2.27. The molecule has 0 aliphatic heterocycles. The summed E-state index contributed by atoms with van der Waals surface area (Å²) in [6, 6.07) is 6.85. The van der Waals surface area contributed by atoms with Crippen LogP contribution in [0.2, 0.25) is 0 Å². The van der Waals surface area contributed by atoms with Gasteiger partial charge in [0, 0.05) is 0 Å². The van der Waals surface area contributed by atoms with E-state index in [0.29, 0.717) is 5.92 Å². The van der Waals surface area contributed by atoms with E-state index in [1.165, 1.54) is 24.8 Å². The zero-order valence-corrected chi connectivity index (χ0v) is 13.0. The maximum atomic E-state index is 2.32. The second kappa shape index (κ2) is 6.41. The normalized spacial score (nSPS) is 12.2. The predicted molar refractivity (Wildman–Crippen MR) is 82.1 cm³/mol. The van der Waals surface area contributed by atoms with Crippen molar-refractivity contribution < 1.29 is 0 Å². The minimum absolute atomic E-state index is 0.246. The Bertz CT molecular complexity index is 366. The highest BCUT2D eigenvalue weighted by molar-refractivity contribution is 5.41. The quantitative estimate of drug-likeness (QED) is 0.588. The van der Waals surface area contributed by atoms with Gasteiger partial charge in [0.1, 0.15) is 0 Å². The molecule has 0 heterocycles. The topological polar surface area (TPSA) is 0 Å². The van der Waals surface area contributed by atoms with Crippen LogP contribution in [0.4, 0.5) is 0 Å². The van der Waals surface area contributed by atoms with Crippen molar-refractivity contribution in [1.82, 2.24) is 0 Å². The van der Waals surface area contributed by atoms with Crippen molar-refractivity contribution in [2.75, 3.05) is 0 Å². The Kier molecular flexibility index (Phi) is 5.44. The number of hydrogen-bond acceptors (Lipinski definition) is 0. The smallest absolute Gasteiger partial charge is 0.0129 e. The third-order valence-electron chi connectivity index (χ3n) is 3.56. The fourth-order valence-electron chi connectivity index (χ4n) is 2.61. The molecule has 0 amide bonds. The SMILES string of the molecule is C[CH]CCCc1c(C(C)C)cccc1C(C)(C)C. The Labute approximate surface area is 114 Å². The van der Waals surface area contributed by atoms with E-state index in [1.807, 2.05) is 0 Å². The van der Waals surface area contributed by atoms with Gasteiger partial charge in [-0.1, -0.05) is 66.2 Å². The van der Waals surface area contributed by atoms with Gasteiger partial charge in [-0.05, 0) is 47.3 Å². The van der Waals surface area contributed by atoms with Crippen molar-refractivity contribution in [3.8, 4) is 0 Å². The molecule has 0 atom stereocenters. The monoisotopic (exact) mass is 245 g/mol. The van der Waals surface area contributed by atoms with Gasteiger partial charge in [-0.2, -0.15) is 0 Å². The fourth-order valence-corrected chi connectivity index (χ4v) is 2.61. The summed E-state index contributed by atoms with van der Waals surface area (Å²) < 4.78 is 0. The summed E-state index contributed by atoms with van der Waals surface area (Å²) in [4.78, 5) is 0. The number of unbranched alkanes of at least 4 members (excludes halogenated alkanes) is 2. The molecule has 101 valence electrons. The van der Waals surface area contributed by atoms with Crippen LogP contribution in [0.1, 0.15) is 77.0 Å². The zero-order valence-electron chi connectivity index (χ0n) is 13.0. The fraction of sp³-hybridized carbons (Fsp3) is 0.611.